The number of anilines is 2. The summed E-state index contributed by atoms with van der Waals surface area (Å²) < 4.78 is 1.93. The number of nitrogens with zero attached hydrogens (tertiary/aromatic N) is 8. The highest BCUT2D eigenvalue weighted by atomic mass is 16.2. The lowest BCUT2D eigenvalue weighted by molar-refractivity contribution is 0.0996. The third-order valence-corrected chi connectivity index (χ3v) is 5.52. The third kappa shape index (κ3) is 3.88. The number of rotatable bonds is 7. The summed E-state index contributed by atoms with van der Waals surface area (Å²) in [6.07, 6.45) is 1.69. The minimum absolute atomic E-state index is 0.0511. The van der Waals surface area contributed by atoms with Gasteiger partial charge in [0.1, 0.15) is 23.7 Å². The predicted octanol–water partition coefficient (Wildman–Crippen LogP) is 2.43. The Morgan fingerprint density at radius 3 is 2.65 bits per heavy atom. The molecule has 3 aromatic heterocycles. The second-order valence-electron chi connectivity index (χ2n) is 7.92. The van der Waals surface area contributed by atoms with Crippen molar-refractivity contribution in [3.05, 3.63) is 47.4 Å². The highest BCUT2D eigenvalue weighted by molar-refractivity contribution is 6.10. The summed E-state index contributed by atoms with van der Waals surface area (Å²) >= 11 is 0. The van der Waals surface area contributed by atoms with Crippen molar-refractivity contribution in [2.75, 3.05) is 37.5 Å². The minimum atomic E-state index is -0.0511. The van der Waals surface area contributed by atoms with E-state index in [0.717, 1.165) is 30.2 Å². The zero-order chi connectivity index (χ0) is 22.1. The van der Waals surface area contributed by atoms with Crippen LogP contribution >= 0.6 is 0 Å². The molecule has 1 aliphatic heterocycles. The summed E-state index contributed by atoms with van der Waals surface area (Å²) in [5.74, 6) is 2.05. The van der Waals surface area contributed by atoms with Crippen LogP contribution in [-0.4, -0.2) is 63.2 Å². The Morgan fingerprint density at radius 2 is 1.94 bits per heavy atom. The van der Waals surface area contributed by atoms with Crippen molar-refractivity contribution in [1.29, 1.82) is 0 Å². The molecule has 0 N–H and O–H groups in total. The van der Waals surface area contributed by atoms with Gasteiger partial charge in [0.2, 0.25) is 0 Å². The lowest BCUT2D eigenvalue weighted by Gasteiger charge is -2.19. The van der Waals surface area contributed by atoms with Crippen LogP contribution in [0.15, 0.2) is 30.6 Å². The maximum atomic E-state index is 13.4. The fraction of sp³-hybridized carbons (Fsp3) is 0.409. The quantitative estimate of drug-likeness (QED) is 0.580. The molecule has 0 unspecified atom stereocenters. The van der Waals surface area contributed by atoms with E-state index in [9.17, 15) is 4.79 Å². The molecular weight excluding hydrogens is 392 g/mol. The normalized spacial score (nSPS) is 13.2. The summed E-state index contributed by atoms with van der Waals surface area (Å²) in [7, 11) is 6.00. The molecule has 4 rings (SSSR count). The third-order valence-electron chi connectivity index (χ3n) is 5.52. The first-order valence-corrected chi connectivity index (χ1v) is 10.5. The van der Waals surface area contributed by atoms with Gasteiger partial charge >= 0.3 is 0 Å². The van der Waals surface area contributed by atoms with E-state index in [0.29, 0.717) is 36.0 Å². The van der Waals surface area contributed by atoms with Crippen LogP contribution < -0.4 is 9.80 Å². The Balaban J connectivity index is 1.73. The number of aromatic nitrogens is 5. The van der Waals surface area contributed by atoms with Crippen LogP contribution in [0.1, 0.15) is 35.5 Å². The summed E-state index contributed by atoms with van der Waals surface area (Å²) in [6.45, 7) is 6.78. The SMILES string of the molecule is CCN(C)c1cc2c(c(CN(C)C)n1)CN(c1cccc(-c3nncn3CC)n1)C2=O. The predicted molar refractivity (Wildman–Crippen MR) is 120 cm³/mol. The highest BCUT2D eigenvalue weighted by Crippen LogP contribution is 2.32. The van der Waals surface area contributed by atoms with Crippen molar-refractivity contribution in [3.8, 4) is 11.5 Å². The number of hydrogen-bond acceptors (Lipinski definition) is 7. The number of fused-ring (bicyclic) bond motifs is 1. The summed E-state index contributed by atoms with van der Waals surface area (Å²) in [6, 6.07) is 7.55. The smallest absolute Gasteiger partial charge is 0.260 e. The van der Waals surface area contributed by atoms with Crippen LogP contribution in [0.4, 0.5) is 11.6 Å². The van der Waals surface area contributed by atoms with E-state index in [1.54, 1.807) is 11.2 Å². The monoisotopic (exact) mass is 420 g/mol. The number of carbonyl (C=O) groups is 1. The van der Waals surface area contributed by atoms with Gasteiger partial charge in [-0.15, -0.1) is 10.2 Å². The van der Waals surface area contributed by atoms with E-state index in [4.69, 9.17) is 9.97 Å². The molecule has 9 heteroatoms. The number of carbonyl (C=O) groups excluding carboxylic acids is 1. The summed E-state index contributed by atoms with van der Waals surface area (Å²) in [5, 5.41) is 8.19. The number of aryl methyl sites for hydroxylation is 1. The molecule has 162 valence electrons. The van der Waals surface area contributed by atoms with Crippen molar-refractivity contribution in [2.45, 2.75) is 33.5 Å². The van der Waals surface area contributed by atoms with Gasteiger partial charge in [-0.1, -0.05) is 6.07 Å². The zero-order valence-electron chi connectivity index (χ0n) is 18.7. The van der Waals surface area contributed by atoms with E-state index in [2.05, 4.69) is 22.0 Å². The molecule has 4 heterocycles. The van der Waals surface area contributed by atoms with Crippen LogP contribution in [0, 0.1) is 0 Å². The Kier molecular flexibility index (Phi) is 5.69. The van der Waals surface area contributed by atoms with Gasteiger partial charge in [0, 0.05) is 32.2 Å². The molecule has 0 saturated heterocycles. The van der Waals surface area contributed by atoms with Gasteiger partial charge in [0.25, 0.3) is 5.91 Å². The Hall–Kier alpha value is -3.33. The van der Waals surface area contributed by atoms with Gasteiger partial charge in [-0.2, -0.15) is 0 Å². The second-order valence-corrected chi connectivity index (χ2v) is 7.92. The molecule has 1 amide bonds. The highest BCUT2D eigenvalue weighted by Gasteiger charge is 2.33. The molecule has 0 atom stereocenters. The maximum Gasteiger partial charge on any atom is 0.260 e. The first-order chi connectivity index (χ1) is 14.9. The fourth-order valence-electron chi connectivity index (χ4n) is 3.71. The molecule has 0 spiro atoms. The lowest BCUT2D eigenvalue weighted by atomic mass is 10.1. The van der Waals surface area contributed by atoms with E-state index in [1.165, 1.54) is 0 Å². The molecule has 0 radical (unpaired) electrons. The molecular formula is C22H28N8O. The van der Waals surface area contributed by atoms with Crippen LogP contribution in [0.25, 0.3) is 11.5 Å². The van der Waals surface area contributed by atoms with Crippen LogP contribution in [-0.2, 0) is 19.6 Å². The molecule has 9 nitrogen and oxygen atoms in total. The summed E-state index contributed by atoms with van der Waals surface area (Å²) in [5.41, 5.74) is 3.29. The molecule has 0 saturated carbocycles. The minimum Gasteiger partial charge on any atom is -0.360 e. The Bertz CT molecular complexity index is 1110. The molecule has 0 aromatic carbocycles. The average Bonchev–Trinajstić information content (AvgIpc) is 3.38. The van der Waals surface area contributed by atoms with Crippen molar-refractivity contribution >= 4 is 17.5 Å². The fourth-order valence-corrected chi connectivity index (χ4v) is 3.71. The van der Waals surface area contributed by atoms with E-state index in [1.807, 2.05) is 61.8 Å². The van der Waals surface area contributed by atoms with Gasteiger partial charge in [0.15, 0.2) is 5.82 Å². The number of amides is 1. The van der Waals surface area contributed by atoms with E-state index >= 15 is 0 Å². The van der Waals surface area contributed by atoms with Gasteiger partial charge in [-0.05, 0) is 46.1 Å². The maximum absolute atomic E-state index is 13.4. The topological polar surface area (TPSA) is 83.3 Å². The molecule has 3 aromatic rings. The van der Waals surface area contributed by atoms with Crippen molar-refractivity contribution in [2.24, 2.45) is 0 Å². The molecule has 0 fully saturated rings. The van der Waals surface area contributed by atoms with E-state index in [-0.39, 0.29) is 5.91 Å². The van der Waals surface area contributed by atoms with Crippen molar-refractivity contribution in [1.82, 2.24) is 29.6 Å². The van der Waals surface area contributed by atoms with Crippen LogP contribution in [0.5, 0.6) is 0 Å². The Morgan fingerprint density at radius 1 is 1.13 bits per heavy atom. The number of hydrogen-bond donors (Lipinski definition) is 0. The van der Waals surface area contributed by atoms with Crippen LogP contribution in [0.3, 0.4) is 0 Å². The van der Waals surface area contributed by atoms with Crippen molar-refractivity contribution in [3.63, 3.8) is 0 Å². The van der Waals surface area contributed by atoms with Crippen molar-refractivity contribution < 1.29 is 4.79 Å². The summed E-state index contributed by atoms with van der Waals surface area (Å²) in [4.78, 5) is 28.9. The largest absolute Gasteiger partial charge is 0.360 e. The molecule has 0 aliphatic carbocycles. The first kappa shape index (κ1) is 20.9. The van der Waals surface area contributed by atoms with Gasteiger partial charge in [0.05, 0.1) is 17.8 Å². The molecule has 1 aliphatic rings. The average molecular weight is 421 g/mol. The first-order valence-electron chi connectivity index (χ1n) is 10.5. The Labute approximate surface area is 182 Å². The van der Waals surface area contributed by atoms with E-state index < -0.39 is 0 Å². The standard InChI is InChI=1S/C22H28N8O/c1-6-28(5)20-11-15-16(18(25-20)13-27(3)4)12-30(22(15)31)19-10-8-9-17(24-19)21-26-23-14-29(21)7-2/h8-11,14H,6-7,12-13H2,1-5H3. The van der Waals surface area contributed by atoms with Gasteiger partial charge < -0.3 is 14.4 Å². The molecule has 31 heavy (non-hydrogen) atoms. The lowest BCUT2D eigenvalue weighted by Crippen LogP contribution is -2.24. The second kappa shape index (κ2) is 8.43. The zero-order valence-corrected chi connectivity index (χ0v) is 18.7. The van der Waals surface area contributed by atoms with Gasteiger partial charge in [-0.3, -0.25) is 9.69 Å². The number of pyridine rings is 2. The molecule has 0 bridgehead atoms. The van der Waals surface area contributed by atoms with Crippen LogP contribution in [0.2, 0.25) is 0 Å². The van der Waals surface area contributed by atoms with Gasteiger partial charge in [-0.25, -0.2) is 9.97 Å².